The molecular weight excluding hydrogens is 282 g/mol. The van der Waals surface area contributed by atoms with Crippen LogP contribution in [0.15, 0.2) is 23.4 Å². The van der Waals surface area contributed by atoms with Crippen molar-refractivity contribution >= 4 is 40.3 Å². The normalized spacial score (nSPS) is 10.9. The average Bonchev–Trinajstić information content (AvgIpc) is 2.79. The number of thioether (sulfide) groups is 1. The summed E-state index contributed by atoms with van der Waals surface area (Å²) in [6.07, 6.45) is 0. The molecule has 0 saturated heterocycles. The molecular formula is C13H16ClN3OS. The van der Waals surface area contributed by atoms with Crippen LogP contribution in [0.1, 0.15) is 13.8 Å². The maximum atomic E-state index is 11.9. The monoisotopic (exact) mass is 297 g/mol. The van der Waals surface area contributed by atoms with E-state index < -0.39 is 0 Å². The number of rotatable bonds is 5. The summed E-state index contributed by atoms with van der Waals surface area (Å²) < 4.78 is 0. The van der Waals surface area contributed by atoms with Gasteiger partial charge in [0.2, 0.25) is 5.91 Å². The van der Waals surface area contributed by atoms with Crippen LogP contribution < -0.4 is 0 Å². The van der Waals surface area contributed by atoms with Crippen molar-refractivity contribution in [3.8, 4) is 0 Å². The summed E-state index contributed by atoms with van der Waals surface area (Å²) in [4.78, 5) is 21.3. The van der Waals surface area contributed by atoms with Gasteiger partial charge >= 0.3 is 0 Å². The number of carbonyl (C=O) groups is 1. The van der Waals surface area contributed by atoms with Gasteiger partial charge in [-0.1, -0.05) is 23.4 Å². The van der Waals surface area contributed by atoms with Crippen molar-refractivity contribution in [3.05, 3.63) is 23.2 Å². The molecule has 1 aromatic heterocycles. The second-order valence-corrected chi connectivity index (χ2v) is 5.46. The van der Waals surface area contributed by atoms with Crippen LogP contribution in [0.25, 0.3) is 11.0 Å². The third-order valence-electron chi connectivity index (χ3n) is 2.87. The molecule has 0 aliphatic rings. The van der Waals surface area contributed by atoms with E-state index in [-0.39, 0.29) is 5.91 Å². The summed E-state index contributed by atoms with van der Waals surface area (Å²) in [6, 6.07) is 5.50. The minimum atomic E-state index is 0.133. The Labute approximate surface area is 121 Å². The molecule has 1 aromatic carbocycles. The molecule has 1 amide bonds. The lowest BCUT2D eigenvalue weighted by Gasteiger charge is -2.17. The van der Waals surface area contributed by atoms with Crippen LogP contribution in [0.2, 0.25) is 5.02 Å². The van der Waals surface area contributed by atoms with Crippen molar-refractivity contribution in [1.29, 1.82) is 0 Å². The number of nitrogens with one attached hydrogen (secondary N) is 1. The molecule has 0 aliphatic carbocycles. The first-order valence-electron chi connectivity index (χ1n) is 6.19. The number of benzene rings is 1. The van der Waals surface area contributed by atoms with Gasteiger partial charge in [0, 0.05) is 18.1 Å². The number of fused-ring (bicyclic) bond motifs is 1. The lowest BCUT2D eigenvalue weighted by molar-refractivity contribution is -0.127. The van der Waals surface area contributed by atoms with Gasteiger partial charge in [0.05, 0.1) is 16.8 Å². The van der Waals surface area contributed by atoms with Crippen LogP contribution >= 0.6 is 23.4 Å². The summed E-state index contributed by atoms with van der Waals surface area (Å²) >= 11 is 7.34. The fraction of sp³-hybridized carbons (Fsp3) is 0.385. The molecule has 0 fully saturated rings. The number of carbonyl (C=O) groups excluding carboxylic acids is 1. The van der Waals surface area contributed by atoms with E-state index >= 15 is 0 Å². The van der Waals surface area contributed by atoms with E-state index in [1.165, 1.54) is 11.8 Å². The van der Waals surface area contributed by atoms with Crippen molar-refractivity contribution in [2.24, 2.45) is 0 Å². The predicted octanol–water partition coefficient (Wildman–Crippen LogP) is 3.18. The number of amides is 1. The quantitative estimate of drug-likeness (QED) is 0.862. The molecule has 4 nitrogen and oxygen atoms in total. The number of halogens is 1. The maximum absolute atomic E-state index is 11.9. The molecule has 0 spiro atoms. The van der Waals surface area contributed by atoms with Crippen molar-refractivity contribution in [3.63, 3.8) is 0 Å². The van der Waals surface area contributed by atoms with Crippen LogP contribution in [0.4, 0.5) is 0 Å². The summed E-state index contributed by atoms with van der Waals surface area (Å²) in [7, 11) is 0. The fourth-order valence-corrected chi connectivity index (χ4v) is 2.78. The van der Waals surface area contributed by atoms with Gasteiger partial charge in [-0.25, -0.2) is 4.98 Å². The molecule has 0 bridgehead atoms. The molecule has 0 saturated carbocycles. The Bertz CT molecular complexity index is 580. The molecule has 1 N–H and O–H groups in total. The Morgan fingerprint density at radius 1 is 1.42 bits per heavy atom. The smallest absolute Gasteiger partial charge is 0.233 e. The first-order valence-corrected chi connectivity index (χ1v) is 7.56. The summed E-state index contributed by atoms with van der Waals surface area (Å²) in [5.74, 6) is 0.531. The molecule has 0 radical (unpaired) electrons. The topological polar surface area (TPSA) is 49.0 Å². The zero-order chi connectivity index (χ0) is 13.8. The molecule has 6 heteroatoms. The van der Waals surface area contributed by atoms with Gasteiger partial charge in [-0.3, -0.25) is 4.79 Å². The first kappa shape index (κ1) is 14.2. The number of aromatic amines is 1. The maximum Gasteiger partial charge on any atom is 0.233 e. The van der Waals surface area contributed by atoms with E-state index in [2.05, 4.69) is 9.97 Å². The van der Waals surface area contributed by atoms with Crippen molar-refractivity contribution in [1.82, 2.24) is 14.9 Å². The van der Waals surface area contributed by atoms with Gasteiger partial charge in [-0.2, -0.15) is 0 Å². The fourth-order valence-electron chi connectivity index (χ4n) is 1.82. The SMILES string of the molecule is CCN(CC)C(=O)CSc1nc2ccc(Cl)cc2[nH]1. The molecule has 2 aromatic rings. The largest absolute Gasteiger partial charge is 0.343 e. The van der Waals surface area contributed by atoms with Gasteiger partial charge in [0.1, 0.15) is 0 Å². The van der Waals surface area contributed by atoms with Crippen LogP contribution in [-0.2, 0) is 4.79 Å². The number of hydrogen-bond donors (Lipinski definition) is 1. The minimum Gasteiger partial charge on any atom is -0.343 e. The van der Waals surface area contributed by atoms with Crippen molar-refractivity contribution in [2.45, 2.75) is 19.0 Å². The number of aromatic nitrogens is 2. The molecule has 102 valence electrons. The number of H-pyrrole nitrogens is 1. The second-order valence-electron chi connectivity index (χ2n) is 4.06. The average molecular weight is 298 g/mol. The standard InChI is InChI=1S/C13H16ClN3OS/c1-3-17(4-2)12(18)8-19-13-15-10-6-5-9(14)7-11(10)16-13/h5-7H,3-4,8H2,1-2H3,(H,15,16). The molecule has 19 heavy (non-hydrogen) atoms. The highest BCUT2D eigenvalue weighted by molar-refractivity contribution is 7.99. The van der Waals surface area contributed by atoms with Crippen LogP contribution in [0.5, 0.6) is 0 Å². The van der Waals surface area contributed by atoms with E-state index in [1.54, 1.807) is 6.07 Å². The van der Waals surface area contributed by atoms with E-state index in [4.69, 9.17) is 11.6 Å². The number of hydrogen-bond acceptors (Lipinski definition) is 3. The third-order valence-corrected chi connectivity index (χ3v) is 3.96. The third kappa shape index (κ3) is 3.42. The Morgan fingerprint density at radius 3 is 2.84 bits per heavy atom. The Balaban J connectivity index is 2.03. The zero-order valence-corrected chi connectivity index (χ0v) is 12.5. The lowest BCUT2D eigenvalue weighted by Crippen LogP contribution is -2.31. The van der Waals surface area contributed by atoms with E-state index in [9.17, 15) is 4.79 Å². The van der Waals surface area contributed by atoms with Crippen LogP contribution in [0, 0.1) is 0 Å². The van der Waals surface area contributed by atoms with E-state index in [0.717, 1.165) is 29.3 Å². The Kier molecular flexibility index (Phi) is 4.71. The number of nitrogens with zero attached hydrogens (tertiary/aromatic N) is 2. The van der Waals surface area contributed by atoms with Gasteiger partial charge in [-0.15, -0.1) is 0 Å². The van der Waals surface area contributed by atoms with Crippen molar-refractivity contribution < 1.29 is 4.79 Å². The zero-order valence-electron chi connectivity index (χ0n) is 10.9. The molecule has 0 aliphatic heterocycles. The van der Waals surface area contributed by atoms with Crippen LogP contribution in [0.3, 0.4) is 0 Å². The summed E-state index contributed by atoms with van der Waals surface area (Å²) in [6.45, 7) is 5.45. The Hall–Kier alpha value is -1.20. The molecule has 1 heterocycles. The lowest BCUT2D eigenvalue weighted by atomic mass is 10.3. The summed E-state index contributed by atoms with van der Waals surface area (Å²) in [5.41, 5.74) is 1.76. The highest BCUT2D eigenvalue weighted by Crippen LogP contribution is 2.22. The molecule has 0 unspecified atom stereocenters. The molecule has 2 rings (SSSR count). The van der Waals surface area contributed by atoms with Gasteiger partial charge in [0.25, 0.3) is 0 Å². The van der Waals surface area contributed by atoms with E-state index in [0.29, 0.717) is 10.8 Å². The van der Waals surface area contributed by atoms with Gasteiger partial charge < -0.3 is 9.88 Å². The predicted molar refractivity (Wildman–Crippen MR) is 79.8 cm³/mol. The number of imidazole rings is 1. The van der Waals surface area contributed by atoms with Crippen molar-refractivity contribution in [2.75, 3.05) is 18.8 Å². The highest BCUT2D eigenvalue weighted by Gasteiger charge is 2.11. The second kappa shape index (κ2) is 6.30. The van der Waals surface area contributed by atoms with Gasteiger partial charge in [0.15, 0.2) is 5.16 Å². The first-order chi connectivity index (χ1) is 9.13. The highest BCUT2D eigenvalue weighted by atomic mass is 35.5. The van der Waals surface area contributed by atoms with Crippen LogP contribution in [-0.4, -0.2) is 39.6 Å². The minimum absolute atomic E-state index is 0.133. The Morgan fingerprint density at radius 2 is 2.16 bits per heavy atom. The van der Waals surface area contributed by atoms with E-state index in [1.807, 2.05) is 30.9 Å². The van der Waals surface area contributed by atoms with Gasteiger partial charge in [-0.05, 0) is 32.0 Å². The summed E-state index contributed by atoms with van der Waals surface area (Å²) in [5, 5.41) is 1.42. The molecule has 0 atom stereocenters.